The number of anilines is 4. The van der Waals surface area contributed by atoms with Crippen LogP contribution in [0.1, 0.15) is 18.5 Å². The van der Waals surface area contributed by atoms with Gasteiger partial charge in [0, 0.05) is 29.7 Å². The van der Waals surface area contributed by atoms with Crippen molar-refractivity contribution in [3.63, 3.8) is 0 Å². The number of carbonyl (C=O) groups is 1. The monoisotopic (exact) mass is 427 g/mol. The van der Waals surface area contributed by atoms with Crippen molar-refractivity contribution in [2.45, 2.75) is 23.8 Å². The van der Waals surface area contributed by atoms with Crippen molar-refractivity contribution in [3.05, 3.63) is 36.2 Å². The fraction of sp³-hybridized carbons (Fsp3) is 0.222. The number of imidazole rings is 1. The van der Waals surface area contributed by atoms with Crippen LogP contribution in [0.3, 0.4) is 0 Å². The molecular weight excluding hydrogens is 410 g/mol. The highest BCUT2D eigenvalue weighted by Crippen LogP contribution is 2.30. The number of aromatic nitrogens is 3. The Morgan fingerprint density at radius 3 is 2.63 bits per heavy atom. The van der Waals surface area contributed by atoms with Crippen molar-refractivity contribution < 1.29 is 18.3 Å². The molecule has 30 heavy (non-hydrogen) atoms. The Kier molecular flexibility index (Phi) is 4.67. The van der Waals surface area contributed by atoms with Crippen LogP contribution in [-0.4, -0.2) is 46.5 Å². The maximum Gasteiger partial charge on any atom is 0.409 e. The summed E-state index contributed by atoms with van der Waals surface area (Å²) in [6.07, 6.45) is 3.19. The van der Waals surface area contributed by atoms with Gasteiger partial charge in [0.1, 0.15) is 6.07 Å². The van der Waals surface area contributed by atoms with Crippen LogP contribution in [-0.2, 0) is 9.84 Å². The molecule has 2 aromatic heterocycles. The van der Waals surface area contributed by atoms with E-state index in [0.29, 0.717) is 28.9 Å². The van der Waals surface area contributed by atoms with Crippen LogP contribution in [0.2, 0.25) is 0 Å². The minimum absolute atomic E-state index is 0.0611. The van der Waals surface area contributed by atoms with E-state index in [1.807, 2.05) is 6.07 Å². The summed E-state index contributed by atoms with van der Waals surface area (Å²) >= 11 is 0. The van der Waals surface area contributed by atoms with Gasteiger partial charge in [-0.1, -0.05) is 0 Å². The average Bonchev–Trinajstić information content (AvgIpc) is 3.37. The first kappa shape index (κ1) is 19.5. The molecular formula is C18H17N7O4S. The fourth-order valence-electron chi connectivity index (χ4n) is 2.89. The third kappa shape index (κ3) is 4.11. The fourth-order valence-corrected chi connectivity index (χ4v) is 3.57. The Morgan fingerprint density at radius 2 is 2.00 bits per heavy atom. The molecule has 0 bridgehead atoms. The van der Waals surface area contributed by atoms with Gasteiger partial charge in [-0.15, -0.1) is 5.10 Å². The van der Waals surface area contributed by atoms with Crippen molar-refractivity contribution in [1.82, 2.24) is 14.6 Å². The lowest BCUT2D eigenvalue weighted by molar-refractivity contribution is 0.209. The summed E-state index contributed by atoms with van der Waals surface area (Å²) in [5, 5.41) is 31.1. The third-order valence-electron chi connectivity index (χ3n) is 4.38. The highest BCUT2D eigenvalue weighted by molar-refractivity contribution is 7.90. The summed E-state index contributed by atoms with van der Waals surface area (Å²) in [6.45, 7) is 0. The van der Waals surface area contributed by atoms with Crippen LogP contribution < -0.4 is 16.0 Å². The molecule has 0 unspecified atom stereocenters. The second-order valence-electron chi connectivity index (χ2n) is 6.93. The standard InChI is InChI=1S/C18H17N7O4S/c1-30(28,29)14-5-11(4-12(6-14)23-18(26)27)22-16-7-15(21-10-2-3-10)17-20-9-13(8-19)25(17)24-16/h4-7,9-10,21,23H,2-3H2,1H3,(H,22,24)(H,26,27). The molecule has 4 N–H and O–H groups in total. The SMILES string of the molecule is CS(=O)(=O)c1cc(NC(=O)O)cc(Nc2cc(NC3CC3)c3ncc(C#N)n3n2)c1. The van der Waals surface area contributed by atoms with Crippen molar-refractivity contribution in [2.75, 3.05) is 22.2 Å². The number of amides is 1. The summed E-state index contributed by atoms with van der Waals surface area (Å²) < 4.78 is 25.4. The van der Waals surface area contributed by atoms with Gasteiger partial charge in [-0.2, -0.15) is 9.78 Å². The maximum absolute atomic E-state index is 12.0. The molecule has 3 aromatic rings. The van der Waals surface area contributed by atoms with Gasteiger partial charge in [-0.25, -0.2) is 18.2 Å². The van der Waals surface area contributed by atoms with E-state index in [0.717, 1.165) is 19.1 Å². The summed E-state index contributed by atoms with van der Waals surface area (Å²) in [6, 6.07) is 8.11. The first-order valence-corrected chi connectivity index (χ1v) is 10.8. The predicted octanol–water partition coefficient (Wildman–Crippen LogP) is 2.41. The van der Waals surface area contributed by atoms with Crippen LogP contribution in [0, 0.1) is 11.3 Å². The number of rotatable bonds is 6. The second kappa shape index (κ2) is 7.20. The minimum atomic E-state index is -3.59. The molecule has 0 atom stereocenters. The number of nitrogens with one attached hydrogen (secondary N) is 3. The predicted molar refractivity (Wildman–Crippen MR) is 109 cm³/mol. The lowest BCUT2D eigenvalue weighted by Gasteiger charge is -2.13. The van der Waals surface area contributed by atoms with Gasteiger partial charge >= 0.3 is 6.09 Å². The molecule has 11 nitrogen and oxygen atoms in total. The first-order chi connectivity index (χ1) is 14.2. The largest absolute Gasteiger partial charge is 0.465 e. The molecule has 1 aliphatic rings. The van der Waals surface area contributed by atoms with E-state index in [1.54, 1.807) is 6.07 Å². The molecule has 0 spiro atoms. The highest BCUT2D eigenvalue weighted by Gasteiger charge is 2.23. The van der Waals surface area contributed by atoms with Crippen molar-refractivity contribution >= 4 is 44.5 Å². The Balaban J connectivity index is 1.78. The van der Waals surface area contributed by atoms with Crippen LogP contribution in [0.5, 0.6) is 0 Å². The quantitative estimate of drug-likeness (QED) is 0.463. The lowest BCUT2D eigenvalue weighted by Crippen LogP contribution is -2.10. The number of fused-ring (bicyclic) bond motifs is 1. The first-order valence-electron chi connectivity index (χ1n) is 8.90. The molecule has 0 radical (unpaired) electrons. The van der Waals surface area contributed by atoms with Gasteiger partial charge in [0.25, 0.3) is 0 Å². The van der Waals surface area contributed by atoms with Crippen LogP contribution in [0.15, 0.2) is 35.4 Å². The van der Waals surface area contributed by atoms with Gasteiger partial charge in [0.15, 0.2) is 27.0 Å². The van der Waals surface area contributed by atoms with Gasteiger partial charge in [-0.3, -0.25) is 5.32 Å². The van der Waals surface area contributed by atoms with Crippen LogP contribution in [0.25, 0.3) is 5.65 Å². The molecule has 0 saturated heterocycles. The number of benzene rings is 1. The molecule has 1 amide bonds. The zero-order valence-corrected chi connectivity index (χ0v) is 16.6. The number of nitriles is 1. The van der Waals surface area contributed by atoms with Crippen molar-refractivity contribution in [1.29, 1.82) is 5.26 Å². The third-order valence-corrected chi connectivity index (χ3v) is 5.47. The number of carboxylic acid groups (broad SMARTS) is 1. The number of hydrogen-bond donors (Lipinski definition) is 4. The number of nitrogens with zero attached hydrogens (tertiary/aromatic N) is 4. The van der Waals surface area contributed by atoms with E-state index in [2.05, 4.69) is 26.0 Å². The zero-order chi connectivity index (χ0) is 21.5. The summed E-state index contributed by atoms with van der Waals surface area (Å²) in [5.41, 5.74) is 1.82. The normalized spacial score (nSPS) is 13.6. The van der Waals surface area contributed by atoms with Gasteiger partial charge in [0.2, 0.25) is 0 Å². The minimum Gasteiger partial charge on any atom is -0.465 e. The summed E-state index contributed by atoms with van der Waals surface area (Å²) in [5.74, 6) is 0.326. The maximum atomic E-state index is 12.0. The van der Waals surface area contributed by atoms with Crippen molar-refractivity contribution in [2.24, 2.45) is 0 Å². The summed E-state index contributed by atoms with van der Waals surface area (Å²) in [7, 11) is -3.59. The van der Waals surface area contributed by atoms with Gasteiger partial charge < -0.3 is 15.7 Å². The molecule has 2 heterocycles. The number of hydrogen-bond acceptors (Lipinski definition) is 8. The second-order valence-corrected chi connectivity index (χ2v) is 8.94. The zero-order valence-electron chi connectivity index (χ0n) is 15.7. The molecule has 0 aliphatic heterocycles. The number of sulfone groups is 1. The Labute approximate surface area is 171 Å². The van der Waals surface area contributed by atoms with E-state index < -0.39 is 15.9 Å². The summed E-state index contributed by atoms with van der Waals surface area (Å²) in [4.78, 5) is 15.2. The Hall–Kier alpha value is -3.85. The highest BCUT2D eigenvalue weighted by atomic mass is 32.2. The topological polar surface area (TPSA) is 162 Å². The molecule has 154 valence electrons. The van der Waals surface area contributed by atoms with E-state index in [4.69, 9.17) is 5.11 Å². The molecule has 1 fully saturated rings. The van der Waals surface area contributed by atoms with Crippen LogP contribution in [0.4, 0.5) is 27.7 Å². The van der Waals surface area contributed by atoms with E-state index in [-0.39, 0.29) is 16.3 Å². The average molecular weight is 427 g/mol. The Morgan fingerprint density at radius 1 is 1.27 bits per heavy atom. The molecule has 1 saturated carbocycles. The smallest absolute Gasteiger partial charge is 0.409 e. The van der Waals surface area contributed by atoms with Gasteiger partial charge in [0.05, 0.1) is 16.8 Å². The van der Waals surface area contributed by atoms with E-state index in [9.17, 15) is 18.5 Å². The molecule has 12 heteroatoms. The van der Waals surface area contributed by atoms with E-state index >= 15 is 0 Å². The van der Waals surface area contributed by atoms with E-state index in [1.165, 1.54) is 28.9 Å². The Bertz CT molecular complexity index is 1310. The van der Waals surface area contributed by atoms with Crippen molar-refractivity contribution in [3.8, 4) is 6.07 Å². The lowest BCUT2D eigenvalue weighted by atomic mass is 10.2. The molecule has 4 rings (SSSR count). The molecule has 1 aliphatic carbocycles. The molecule has 1 aromatic carbocycles. The van der Waals surface area contributed by atoms with Gasteiger partial charge in [-0.05, 0) is 31.0 Å². The van der Waals surface area contributed by atoms with Crippen LogP contribution >= 0.6 is 0 Å².